The number of nitrogens with two attached hydrogens (primary N) is 1. The van der Waals surface area contributed by atoms with E-state index in [4.69, 9.17) is 14.1 Å². The number of aryl methyl sites for hydroxylation is 1. The van der Waals surface area contributed by atoms with E-state index in [1.807, 2.05) is 0 Å². The first kappa shape index (κ1) is 23.9. The number of ether oxygens (including phenoxy) is 1. The standard InChI is InChI=1S/C22H34N2O2S.C3H8/c1-22-11-10-18-17-7-5-16(26-27-23)14-15(17)4-6-19(18)20(22)8-9-21(22)25-13-12-24(2)3;1-3-2/h5,7,14,18-21H,4,6,8-13,23H2,1-3H3;3H2,1-2H3/t18?,19?,20?,21-,22?;/m1./s1. The van der Waals surface area contributed by atoms with E-state index in [0.717, 1.165) is 43.0 Å². The lowest BCUT2D eigenvalue weighted by Crippen LogP contribution is -2.45. The van der Waals surface area contributed by atoms with E-state index in [-0.39, 0.29) is 0 Å². The van der Waals surface area contributed by atoms with E-state index < -0.39 is 0 Å². The number of hydrogen-bond acceptors (Lipinski definition) is 5. The Bertz CT molecular complexity index is 683. The SMILES string of the molecule is CCC.CN(C)CCO[C@@H]1CCC2C3CCc4cc(OSN)ccc4C3CCC21C. The van der Waals surface area contributed by atoms with Crippen LogP contribution in [0.15, 0.2) is 18.2 Å². The average Bonchev–Trinajstić information content (AvgIpc) is 3.05. The van der Waals surface area contributed by atoms with Crippen molar-refractivity contribution in [2.24, 2.45) is 22.4 Å². The number of likely N-dealkylation sites (N-methyl/N-ethyl adjacent to an activating group) is 1. The van der Waals surface area contributed by atoms with Crippen molar-refractivity contribution in [3.05, 3.63) is 29.3 Å². The van der Waals surface area contributed by atoms with Gasteiger partial charge in [-0.05, 0) is 99.0 Å². The smallest absolute Gasteiger partial charge is 0.140 e. The molecule has 3 aliphatic carbocycles. The highest BCUT2D eigenvalue weighted by atomic mass is 32.2. The zero-order chi connectivity index (χ0) is 21.7. The van der Waals surface area contributed by atoms with Crippen LogP contribution in [-0.4, -0.2) is 38.3 Å². The molecule has 5 atom stereocenters. The molecule has 4 rings (SSSR count). The summed E-state index contributed by atoms with van der Waals surface area (Å²) in [4.78, 5) is 2.21. The molecule has 170 valence electrons. The molecule has 1 aromatic carbocycles. The summed E-state index contributed by atoms with van der Waals surface area (Å²) >= 11 is 0.932. The highest BCUT2D eigenvalue weighted by Crippen LogP contribution is 2.61. The molecule has 2 N–H and O–H groups in total. The molecular weight excluding hydrogens is 392 g/mol. The third-order valence-electron chi connectivity index (χ3n) is 7.61. The molecule has 0 aromatic heterocycles. The van der Waals surface area contributed by atoms with Crippen molar-refractivity contribution in [2.75, 3.05) is 27.2 Å². The minimum Gasteiger partial charge on any atom is -0.410 e. The predicted octanol–water partition coefficient (Wildman–Crippen LogP) is 5.81. The van der Waals surface area contributed by atoms with Crippen molar-refractivity contribution < 1.29 is 8.92 Å². The molecule has 30 heavy (non-hydrogen) atoms. The average molecular weight is 435 g/mol. The van der Waals surface area contributed by atoms with Crippen LogP contribution < -0.4 is 9.32 Å². The van der Waals surface area contributed by atoms with Crippen molar-refractivity contribution in [3.8, 4) is 5.75 Å². The zero-order valence-corrected chi connectivity index (χ0v) is 20.5. The minimum atomic E-state index is 0.365. The van der Waals surface area contributed by atoms with Crippen LogP contribution in [-0.2, 0) is 11.2 Å². The summed E-state index contributed by atoms with van der Waals surface area (Å²) < 4.78 is 11.8. The van der Waals surface area contributed by atoms with Gasteiger partial charge >= 0.3 is 0 Å². The van der Waals surface area contributed by atoms with E-state index in [2.05, 4.69) is 58.0 Å². The molecule has 0 spiro atoms. The number of benzene rings is 1. The van der Waals surface area contributed by atoms with Crippen molar-refractivity contribution in [1.82, 2.24) is 4.90 Å². The quantitative estimate of drug-likeness (QED) is 0.452. The summed E-state index contributed by atoms with van der Waals surface area (Å²) in [7, 11) is 4.24. The van der Waals surface area contributed by atoms with Gasteiger partial charge in [-0.1, -0.05) is 33.3 Å². The molecular formula is C25H42N2O2S. The topological polar surface area (TPSA) is 47.7 Å². The Hall–Kier alpha value is -0.750. The lowest BCUT2D eigenvalue weighted by Gasteiger charge is -2.50. The maximum Gasteiger partial charge on any atom is 0.140 e. The second kappa shape index (κ2) is 10.7. The lowest BCUT2D eigenvalue weighted by molar-refractivity contribution is -0.0661. The molecule has 1 aromatic rings. The summed E-state index contributed by atoms with van der Waals surface area (Å²) in [6.07, 6.45) is 9.34. The molecule has 4 unspecified atom stereocenters. The van der Waals surface area contributed by atoms with Gasteiger partial charge in [0.1, 0.15) is 18.0 Å². The number of nitrogens with zero attached hydrogens (tertiary/aromatic N) is 1. The van der Waals surface area contributed by atoms with E-state index in [9.17, 15) is 0 Å². The molecule has 0 aliphatic heterocycles. The fraction of sp³-hybridized carbons (Fsp3) is 0.760. The number of fused-ring (bicyclic) bond motifs is 5. The first-order valence-corrected chi connectivity index (χ1v) is 12.7. The molecule has 2 saturated carbocycles. The summed E-state index contributed by atoms with van der Waals surface area (Å²) in [6, 6.07) is 6.61. The van der Waals surface area contributed by atoms with Crippen molar-refractivity contribution in [2.45, 2.75) is 77.7 Å². The minimum absolute atomic E-state index is 0.365. The van der Waals surface area contributed by atoms with Crippen LogP contribution in [0.1, 0.15) is 76.3 Å². The van der Waals surface area contributed by atoms with Crippen LogP contribution in [0.2, 0.25) is 0 Å². The molecule has 0 saturated heterocycles. The van der Waals surface area contributed by atoms with Gasteiger partial charge in [-0.15, -0.1) is 0 Å². The van der Waals surface area contributed by atoms with Crippen LogP contribution in [0.5, 0.6) is 5.75 Å². The largest absolute Gasteiger partial charge is 0.410 e. The van der Waals surface area contributed by atoms with E-state index >= 15 is 0 Å². The maximum absolute atomic E-state index is 6.41. The van der Waals surface area contributed by atoms with Crippen LogP contribution in [0.3, 0.4) is 0 Å². The summed E-state index contributed by atoms with van der Waals surface area (Å²) in [5, 5.41) is 5.46. The van der Waals surface area contributed by atoms with Crippen LogP contribution in [0.4, 0.5) is 0 Å². The normalized spacial score (nSPS) is 32.0. The molecule has 0 heterocycles. The summed E-state index contributed by atoms with van der Waals surface area (Å²) in [6.45, 7) is 8.65. The molecule has 2 fully saturated rings. The number of rotatable bonds is 6. The zero-order valence-electron chi connectivity index (χ0n) is 19.7. The van der Waals surface area contributed by atoms with Gasteiger partial charge in [-0.3, -0.25) is 0 Å². The van der Waals surface area contributed by atoms with Crippen molar-refractivity contribution in [1.29, 1.82) is 0 Å². The van der Waals surface area contributed by atoms with Gasteiger partial charge in [-0.25, -0.2) is 5.14 Å². The van der Waals surface area contributed by atoms with E-state index in [1.165, 1.54) is 50.5 Å². The Morgan fingerprint density at radius 1 is 1.17 bits per heavy atom. The highest BCUT2D eigenvalue weighted by molar-refractivity contribution is 7.92. The Labute approximate surface area is 188 Å². The third kappa shape index (κ3) is 5.01. The fourth-order valence-corrected chi connectivity index (χ4v) is 6.48. The van der Waals surface area contributed by atoms with Crippen molar-refractivity contribution in [3.63, 3.8) is 0 Å². The maximum atomic E-state index is 6.41. The fourth-order valence-electron chi connectivity index (χ4n) is 6.27. The monoisotopic (exact) mass is 434 g/mol. The van der Waals surface area contributed by atoms with Crippen LogP contribution in [0.25, 0.3) is 0 Å². The second-order valence-corrected chi connectivity index (χ2v) is 10.3. The highest BCUT2D eigenvalue weighted by Gasteiger charge is 2.55. The van der Waals surface area contributed by atoms with Crippen LogP contribution >= 0.6 is 12.2 Å². The Morgan fingerprint density at radius 2 is 1.93 bits per heavy atom. The summed E-state index contributed by atoms with van der Waals surface area (Å²) in [5.41, 5.74) is 3.41. The van der Waals surface area contributed by atoms with Gasteiger partial charge < -0.3 is 13.8 Å². The van der Waals surface area contributed by atoms with Gasteiger partial charge in [-0.2, -0.15) is 0 Å². The first-order chi connectivity index (χ1) is 14.4. The van der Waals surface area contributed by atoms with Gasteiger partial charge in [0.15, 0.2) is 0 Å². The third-order valence-corrected chi connectivity index (χ3v) is 7.90. The molecule has 0 bridgehead atoms. The van der Waals surface area contributed by atoms with E-state index in [1.54, 1.807) is 5.56 Å². The lowest BCUT2D eigenvalue weighted by atomic mass is 9.55. The second-order valence-electron chi connectivity index (χ2n) is 9.95. The number of hydrogen-bond donors (Lipinski definition) is 1. The molecule has 3 aliphatic rings. The van der Waals surface area contributed by atoms with Gasteiger partial charge in [0, 0.05) is 6.54 Å². The molecule has 4 nitrogen and oxygen atoms in total. The van der Waals surface area contributed by atoms with Gasteiger partial charge in [0.05, 0.1) is 12.7 Å². The van der Waals surface area contributed by atoms with E-state index in [0.29, 0.717) is 17.4 Å². The molecule has 5 heteroatoms. The Morgan fingerprint density at radius 3 is 2.63 bits per heavy atom. The predicted molar refractivity (Wildman–Crippen MR) is 128 cm³/mol. The molecule has 0 amide bonds. The van der Waals surface area contributed by atoms with Gasteiger partial charge in [0.25, 0.3) is 0 Å². The Kier molecular flexibility index (Phi) is 8.54. The Balaban J connectivity index is 0.000000806. The van der Waals surface area contributed by atoms with Crippen molar-refractivity contribution >= 4 is 12.2 Å². The van der Waals surface area contributed by atoms with Crippen LogP contribution in [0, 0.1) is 17.3 Å². The summed E-state index contributed by atoms with van der Waals surface area (Å²) in [5.74, 6) is 3.22. The first-order valence-electron chi connectivity index (χ1n) is 11.9. The molecule has 0 radical (unpaired) electrons. The van der Waals surface area contributed by atoms with Gasteiger partial charge in [0.2, 0.25) is 0 Å².